The number of unbranched alkanes of at least 4 members (excludes halogenated alkanes) is 1. The lowest BCUT2D eigenvalue weighted by atomic mass is 10.00. The largest absolute Gasteiger partial charge is 0.352 e. The van der Waals surface area contributed by atoms with Gasteiger partial charge in [-0.2, -0.15) is 5.10 Å². The van der Waals surface area contributed by atoms with Crippen LogP contribution in [0.25, 0.3) is 0 Å². The zero-order chi connectivity index (χ0) is 15.8. The molecule has 1 aliphatic rings. The molecule has 2 atom stereocenters. The number of hydrogen-bond acceptors (Lipinski definition) is 3. The van der Waals surface area contributed by atoms with Gasteiger partial charge in [0.15, 0.2) is 0 Å². The SMILES string of the molecule is CC1CCCC(C)N1/N=C/CCCNC(=O)c1ccccc1. The Hall–Kier alpha value is -1.84. The van der Waals surface area contributed by atoms with Crippen LogP contribution in [0.3, 0.4) is 0 Å². The predicted octanol–water partition coefficient (Wildman–Crippen LogP) is 3.45. The molecule has 1 aromatic carbocycles. The Kier molecular flexibility index (Phi) is 6.44. The molecular weight excluding hydrogens is 274 g/mol. The number of hydrogen-bond donors (Lipinski definition) is 1. The van der Waals surface area contributed by atoms with Gasteiger partial charge in [0.25, 0.3) is 5.91 Å². The maximum Gasteiger partial charge on any atom is 0.251 e. The highest BCUT2D eigenvalue weighted by molar-refractivity contribution is 5.94. The molecule has 22 heavy (non-hydrogen) atoms. The fourth-order valence-electron chi connectivity index (χ4n) is 2.87. The molecule has 1 heterocycles. The molecule has 1 amide bonds. The van der Waals surface area contributed by atoms with E-state index in [1.807, 2.05) is 36.5 Å². The van der Waals surface area contributed by atoms with E-state index in [0.717, 1.165) is 12.8 Å². The summed E-state index contributed by atoms with van der Waals surface area (Å²) >= 11 is 0. The standard InChI is InChI=1S/C18H27N3O/c1-15-9-8-10-16(2)21(15)20-14-7-6-13-19-18(22)17-11-4-3-5-12-17/h3-5,11-12,14-16H,6-10,13H2,1-2H3,(H,19,22)/b20-14+. The highest BCUT2D eigenvalue weighted by atomic mass is 16.1. The zero-order valence-corrected chi connectivity index (χ0v) is 13.7. The number of nitrogens with one attached hydrogen (secondary N) is 1. The Morgan fingerprint density at radius 2 is 1.95 bits per heavy atom. The van der Waals surface area contributed by atoms with E-state index in [0.29, 0.717) is 24.2 Å². The molecule has 1 aliphatic heterocycles. The van der Waals surface area contributed by atoms with Crippen molar-refractivity contribution >= 4 is 12.1 Å². The third-order valence-electron chi connectivity index (χ3n) is 4.19. The average Bonchev–Trinajstić information content (AvgIpc) is 2.53. The van der Waals surface area contributed by atoms with Gasteiger partial charge in [-0.25, -0.2) is 0 Å². The first-order chi connectivity index (χ1) is 10.7. The topological polar surface area (TPSA) is 44.7 Å². The molecule has 1 aromatic rings. The first-order valence-electron chi connectivity index (χ1n) is 8.32. The van der Waals surface area contributed by atoms with Gasteiger partial charge < -0.3 is 5.32 Å². The van der Waals surface area contributed by atoms with Crippen molar-refractivity contribution in [2.24, 2.45) is 5.10 Å². The van der Waals surface area contributed by atoms with Crippen LogP contribution in [0.2, 0.25) is 0 Å². The van der Waals surface area contributed by atoms with Crippen LogP contribution in [-0.2, 0) is 0 Å². The van der Waals surface area contributed by atoms with Crippen molar-refractivity contribution in [2.75, 3.05) is 6.54 Å². The second kappa shape index (κ2) is 8.57. The quantitative estimate of drug-likeness (QED) is 0.646. The van der Waals surface area contributed by atoms with E-state index in [-0.39, 0.29) is 5.91 Å². The van der Waals surface area contributed by atoms with E-state index in [2.05, 4.69) is 29.3 Å². The molecule has 4 heteroatoms. The summed E-state index contributed by atoms with van der Waals surface area (Å²) in [5, 5.41) is 9.78. The summed E-state index contributed by atoms with van der Waals surface area (Å²) in [4.78, 5) is 11.9. The van der Waals surface area contributed by atoms with Crippen molar-refractivity contribution in [3.63, 3.8) is 0 Å². The van der Waals surface area contributed by atoms with E-state index in [4.69, 9.17) is 0 Å². The number of carbonyl (C=O) groups excluding carboxylic acids is 1. The summed E-state index contributed by atoms with van der Waals surface area (Å²) in [5.74, 6) is -0.00388. The van der Waals surface area contributed by atoms with Crippen LogP contribution in [0.4, 0.5) is 0 Å². The first-order valence-corrected chi connectivity index (χ1v) is 8.32. The molecule has 1 saturated heterocycles. The van der Waals surface area contributed by atoms with Gasteiger partial charge in [-0.1, -0.05) is 18.2 Å². The van der Waals surface area contributed by atoms with Gasteiger partial charge in [-0.3, -0.25) is 9.80 Å². The molecule has 2 unspecified atom stereocenters. The van der Waals surface area contributed by atoms with Gasteiger partial charge in [0.1, 0.15) is 0 Å². The van der Waals surface area contributed by atoms with Crippen LogP contribution in [0.15, 0.2) is 35.4 Å². The highest BCUT2D eigenvalue weighted by Gasteiger charge is 2.22. The molecular formula is C18H27N3O. The lowest BCUT2D eigenvalue weighted by Gasteiger charge is -2.36. The zero-order valence-electron chi connectivity index (χ0n) is 13.7. The Balaban J connectivity index is 1.65. The minimum Gasteiger partial charge on any atom is -0.352 e. The smallest absolute Gasteiger partial charge is 0.251 e. The van der Waals surface area contributed by atoms with Crippen LogP contribution >= 0.6 is 0 Å². The number of hydrazone groups is 1. The van der Waals surface area contributed by atoms with E-state index in [9.17, 15) is 4.79 Å². The minimum absolute atomic E-state index is 0.00388. The maximum absolute atomic E-state index is 11.9. The van der Waals surface area contributed by atoms with Crippen LogP contribution in [0.1, 0.15) is 56.3 Å². The molecule has 0 spiro atoms. The Morgan fingerprint density at radius 3 is 2.64 bits per heavy atom. The van der Waals surface area contributed by atoms with E-state index in [1.165, 1.54) is 19.3 Å². The van der Waals surface area contributed by atoms with Gasteiger partial charge in [0, 0.05) is 30.4 Å². The lowest BCUT2D eigenvalue weighted by Crippen LogP contribution is -2.39. The van der Waals surface area contributed by atoms with Gasteiger partial charge in [0.05, 0.1) is 0 Å². The van der Waals surface area contributed by atoms with Gasteiger partial charge in [-0.05, 0) is 58.1 Å². The Labute approximate surface area is 133 Å². The van der Waals surface area contributed by atoms with Gasteiger partial charge in [-0.15, -0.1) is 0 Å². The summed E-state index contributed by atoms with van der Waals surface area (Å²) in [7, 11) is 0. The van der Waals surface area contributed by atoms with Crippen LogP contribution in [-0.4, -0.2) is 35.8 Å². The molecule has 0 saturated carbocycles. The molecule has 120 valence electrons. The molecule has 1 fully saturated rings. The third kappa shape index (κ3) is 4.86. The molecule has 0 aliphatic carbocycles. The molecule has 0 radical (unpaired) electrons. The molecule has 4 nitrogen and oxygen atoms in total. The number of nitrogens with zero attached hydrogens (tertiary/aromatic N) is 2. The van der Waals surface area contributed by atoms with Crippen molar-refractivity contribution in [1.29, 1.82) is 0 Å². The predicted molar refractivity (Wildman–Crippen MR) is 91.1 cm³/mol. The molecule has 1 N–H and O–H groups in total. The van der Waals surface area contributed by atoms with Crippen molar-refractivity contribution in [2.45, 2.75) is 58.0 Å². The molecule has 0 aromatic heterocycles. The lowest BCUT2D eigenvalue weighted by molar-refractivity contribution is 0.0953. The fourth-order valence-corrected chi connectivity index (χ4v) is 2.87. The number of rotatable bonds is 6. The van der Waals surface area contributed by atoms with Crippen molar-refractivity contribution in [3.05, 3.63) is 35.9 Å². The monoisotopic (exact) mass is 301 g/mol. The third-order valence-corrected chi connectivity index (χ3v) is 4.19. The fraction of sp³-hybridized carbons (Fsp3) is 0.556. The summed E-state index contributed by atoms with van der Waals surface area (Å²) in [6, 6.07) is 10.4. The Bertz CT molecular complexity index is 476. The minimum atomic E-state index is -0.00388. The summed E-state index contributed by atoms with van der Waals surface area (Å²) < 4.78 is 0. The normalized spacial score (nSPS) is 22.0. The summed E-state index contributed by atoms with van der Waals surface area (Å²) in [6.45, 7) is 5.17. The second-order valence-corrected chi connectivity index (χ2v) is 6.07. The molecule has 2 rings (SSSR count). The van der Waals surface area contributed by atoms with Crippen LogP contribution in [0.5, 0.6) is 0 Å². The van der Waals surface area contributed by atoms with Crippen molar-refractivity contribution in [1.82, 2.24) is 10.3 Å². The van der Waals surface area contributed by atoms with E-state index >= 15 is 0 Å². The molecule has 0 bridgehead atoms. The van der Waals surface area contributed by atoms with Gasteiger partial charge >= 0.3 is 0 Å². The number of benzene rings is 1. The van der Waals surface area contributed by atoms with Crippen molar-refractivity contribution < 1.29 is 4.79 Å². The number of amides is 1. The second-order valence-electron chi connectivity index (χ2n) is 6.07. The summed E-state index contributed by atoms with van der Waals surface area (Å²) in [5.41, 5.74) is 0.715. The van der Waals surface area contributed by atoms with E-state index in [1.54, 1.807) is 0 Å². The maximum atomic E-state index is 11.9. The number of carbonyl (C=O) groups is 1. The van der Waals surface area contributed by atoms with Gasteiger partial charge in [0.2, 0.25) is 0 Å². The summed E-state index contributed by atoms with van der Waals surface area (Å²) in [6.07, 6.45) is 7.57. The average molecular weight is 301 g/mol. The van der Waals surface area contributed by atoms with Crippen LogP contribution < -0.4 is 5.32 Å². The van der Waals surface area contributed by atoms with Crippen molar-refractivity contribution in [3.8, 4) is 0 Å². The van der Waals surface area contributed by atoms with E-state index < -0.39 is 0 Å². The highest BCUT2D eigenvalue weighted by Crippen LogP contribution is 2.22. The first kappa shape index (κ1) is 16.5. The Morgan fingerprint density at radius 1 is 1.27 bits per heavy atom. The van der Waals surface area contributed by atoms with Crippen LogP contribution in [0, 0.1) is 0 Å². The number of piperidine rings is 1.